The van der Waals surface area contributed by atoms with Crippen molar-refractivity contribution in [3.05, 3.63) is 69.8 Å². The molecule has 10 N–H and O–H groups in total. The molecule has 0 fully saturated rings. The minimum absolute atomic E-state index is 0. The van der Waals surface area contributed by atoms with Gasteiger partial charge in [-0.3, -0.25) is 4.79 Å². The molecule has 2 rings (SSSR count). The van der Waals surface area contributed by atoms with Gasteiger partial charge in [-0.15, -0.1) is 0 Å². The largest absolute Gasteiger partial charge is 0.478 e. The van der Waals surface area contributed by atoms with Gasteiger partial charge < -0.3 is 32.7 Å². The molecule has 0 heterocycles. The van der Waals surface area contributed by atoms with Crippen LogP contribution in [0.2, 0.25) is 0 Å². The highest BCUT2D eigenvalue weighted by molar-refractivity contribution is 6.21. The highest BCUT2D eigenvalue weighted by atomic mass is 16.4. The average Bonchev–Trinajstić information content (AvgIpc) is 2.59. The highest BCUT2D eigenvalue weighted by Crippen LogP contribution is 2.27. The van der Waals surface area contributed by atoms with Crippen LogP contribution in [0.25, 0.3) is 0 Å². The van der Waals surface area contributed by atoms with Crippen LogP contribution in [0.1, 0.15) is 57.4 Å². The first-order valence-corrected chi connectivity index (χ1v) is 6.90. The van der Waals surface area contributed by atoms with Crippen LogP contribution in [0.4, 0.5) is 0 Å². The van der Waals surface area contributed by atoms with E-state index in [9.17, 15) is 44.4 Å². The Balaban J connectivity index is 0.00000364. The maximum Gasteiger partial charge on any atom is 0.337 e. The summed E-state index contributed by atoms with van der Waals surface area (Å²) in [6.07, 6.45) is 0. The van der Waals surface area contributed by atoms with E-state index in [1.807, 2.05) is 0 Å². The third kappa shape index (κ3) is 4.17. The number of carboxylic acid groups (broad SMARTS) is 4. The number of hydrogen-bond acceptors (Lipinski definition) is 7. The molecular formula is C17H16N2O9. The summed E-state index contributed by atoms with van der Waals surface area (Å²) in [4.78, 5) is 58.4. The lowest BCUT2D eigenvalue weighted by Crippen LogP contribution is -2.23. The van der Waals surface area contributed by atoms with Gasteiger partial charge in [0.2, 0.25) is 0 Å². The number of hydrogen-bond donors (Lipinski definition) is 6. The van der Waals surface area contributed by atoms with Crippen LogP contribution in [0, 0.1) is 0 Å². The molecule has 11 nitrogen and oxygen atoms in total. The number of aromatic carboxylic acids is 4. The van der Waals surface area contributed by atoms with Gasteiger partial charge in [-0.2, -0.15) is 0 Å². The molecule has 0 atom stereocenters. The molecule has 11 heteroatoms. The van der Waals surface area contributed by atoms with Crippen molar-refractivity contribution in [1.82, 2.24) is 12.3 Å². The Morgan fingerprint density at radius 2 is 1.00 bits per heavy atom. The topological polar surface area (TPSA) is 236 Å². The minimum atomic E-state index is -1.98. The first kappa shape index (κ1) is 23.9. The molecule has 28 heavy (non-hydrogen) atoms. The fourth-order valence-corrected chi connectivity index (χ4v) is 2.43. The lowest BCUT2D eigenvalue weighted by Gasteiger charge is -2.14. The van der Waals surface area contributed by atoms with E-state index < -0.39 is 57.5 Å². The van der Waals surface area contributed by atoms with E-state index >= 15 is 0 Å². The van der Waals surface area contributed by atoms with Crippen LogP contribution < -0.4 is 12.3 Å². The monoisotopic (exact) mass is 392 g/mol. The van der Waals surface area contributed by atoms with Gasteiger partial charge in [0, 0.05) is 11.1 Å². The summed E-state index contributed by atoms with van der Waals surface area (Å²) >= 11 is 0. The predicted molar refractivity (Wildman–Crippen MR) is 94.2 cm³/mol. The van der Waals surface area contributed by atoms with Gasteiger partial charge >= 0.3 is 23.9 Å². The number of benzene rings is 2. The average molecular weight is 392 g/mol. The lowest BCUT2D eigenvalue weighted by molar-refractivity contribution is 0.0618. The summed E-state index contributed by atoms with van der Waals surface area (Å²) in [7, 11) is 0. The lowest BCUT2D eigenvalue weighted by atomic mass is 9.88. The maximum atomic E-state index is 12.6. The fraction of sp³-hybridized carbons (Fsp3) is 0. The Morgan fingerprint density at radius 1 is 0.571 bits per heavy atom. The molecule has 0 spiro atoms. The molecule has 0 radical (unpaired) electrons. The quantitative estimate of drug-likeness (QED) is 0.389. The van der Waals surface area contributed by atoms with Crippen LogP contribution in [0.5, 0.6) is 0 Å². The number of rotatable bonds is 6. The van der Waals surface area contributed by atoms with Crippen LogP contribution in [0.15, 0.2) is 36.4 Å². The van der Waals surface area contributed by atoms with E-state index in [-0.39, 0.29) is 17.9 Å². The van der Waals surface area contributed by atoms with Crippen molar-refractivity contribution in [2.75, 3.05) is 0 Å². The van der Waals surface area contributed by atoms with Crippen molar-refractivity contribution in [2.45, 2.75) is 0 Å². The minimum Gasteiger partial charge on any atom is -0.478 e. The summed E-state index contributed by atoms with van der Waals surface area (Å²) < 4.78 is 0. The third-order valence-electron chi connectivity index (χ3n) is 3.48. The molecule has 0 unspecified atom stereocenters. The summed E-state index contributed by atoms with van der Waals surface area (Å²) in [6, 6.07) is 7.72. The smallest absolute Gasteiger partial charge is 0.337 e. The fourth-order valence-electron chi connectivity index (χ4n) is 2.43. The zero-order valence-electron chi connectivity index (χ0n) is 14.2. The van der Waals surface area contributed by atoms with Crippen LogP contribution >= 0.6 is 0 Å². The second-order valence-corrected chi connectivity index (χ2v) is 5.01. The van der Waals surface area contributed by atoms with Crippen molar-refractivity contribution in [3.8, 4) is 0 Å². The molecule has 0 saturated carbocycles. The van der Waals surface area contributed by atoms with Crippen LogP contribution in [-0.4, -0.2) is 50.1 Å². The van der Waals surface area contributed by atoms with Crippen molar-refractivity contribution >= 4 is 29.7 Å². The second-order valence-electron chi connectivity index (χ2n) is 5.01. The van der Waals surface area contributed by atoms with Gasteiger partial charge in [-0.1, -0.05) is 30.3 Å². The van der Waals surface area contributed by atoms with Crippen molar-refractivity contribution in [3.63, 3.8) is 0 Å². The molecule has 0 aliphatic carbocycles. The summed E-state index contributed by atoms with van der Waals surface area (Å²) in [6.45, 7) is 0. The van der Waals surface area contributed by atoms with Gasteiger partial charge in [0.1, 0.15) is 0 Å². The Kier molecular flexibility index (Phi) is 7.71. The molecule has 0 saturated heterocycles. The van der Waals surface area contributed by atoms with E-state index in [0.29, 0.717) is 6.07 Å². The molecule has 0 aliphatic rings. The van der Waals surface area contributed by atoms with Gasteiger partial charge in [0.15, 0.2) is 5.78 Å². The number of ketones is 1. The molecular weight excluding hydrogens is 376 g/mol. The molecule has 0 aromatic heterocycles. The zero-order chi connectivity index (χ0) is 19.6. The van der Waals surface area contributed by atoms with E-state index in [0.717, 1.165) is 0 Å². The molecule has 148 valence electrons. The summed E-state index contributed by atoms with van der Waals surface area (Å²) in [5, 5.41) is 37.1. The molecule has 2 aromatic carbocycles. The zero-order valence-corrected chi connectivity index (χ0v) is 14.2. The van der Waals surface area contributed by atoms with E-state index in [1.165, 1.54) is 24.3 Å². The molecule has 2 aromatic rings. The first-order valence-electron chi connectivity index (χ1n) is 6.90. The van der Waals surface area contributed by atoms with Gasteiger partial charge in [-0.05, 0) is 6.07 Å². The van der Waals surface area contributed by atoms with Gasteiger partial charge in [0.05, 0.1) is 22.3 Å². The van der Waals surface area contributed by atoms with E-state index in [4.69, 9.17) is 0 Å². The number of carboxylic acids is 4. The Morgan fingerprint density at radius 3 is 1.39 bits per heavy atom. The normalized spacial score (nSPS) is 9.43. The standard InChI is InChI=1S/C17H10O9.2H3N/c18-13(7-4-2-1-3-5-7)8-6-9(14(19)20)11(16(23)24)12(17(25)26)10(8)15(21)22;;/h1-6H,(H,19,20)(H,21,22)(H,23,24)(H,25,26);2*1H3. The van der Waals surface area contributed by atoms with Crippen molar-refractivity contribution in [1.29, 1.82) is 0 Å². The Bertz CT molecular complexity index is 968. The van der Waals surface area contributed by atoms with Crippen molar-refractivity contribution in [2.24, 2.45) is 0 Å². The van der Waals surface area contributed by atoms with E-state index in [2.05, 4.69) is 0 Å². The van der Waals surface area contributed by atoms with Crippen molar-refractivity contribution < 1.29 is 44.4 Å². The van der Waals surface area contributed by atoms with Gasteiger partial charge in [0.25, 0.3) is 0 Å². The Hall–Kier alpha value is -4.09. The third-order valence-corrected chi connectivity index (χ3v) is 3.48. The molecule has 0 aliphatic heterocycles. The molecule has 0 bridgehead atoms. The number of carbonyl (C=O) groups is 5. The SMILES string of the molecule is N.N.O=C(O)c1cc(C(=O)c2ccccc2)c(C(=O)O)c(C(=O)O)c1C(=O)O. The summed E-state index contributed by atoms with van der Waals surface area (Å²) in [5.41, 5.74) is -5.33. The van der Waals surface area contributed by atoms with Gasteiger partial charge in [-0.25, -0.2) is 19.2 Å². The van der Waals surface area contributed by atoms with Crippen LogP contribution in [0.3, 0.4) is 0 Å². The Labute approximate surface area is 157 Å². The number of carbonyl (C=O) groups excluding carboxylic acids is 1. The first-order chi connectivity index (χ1) is 12.2. The molecule has 0 amide bonds. The predicted octanol–water partition coefficient (Wildman–Crippen LogP) is 2.03. The summed E-state index contributed by atoms with van der Waals surface area (Å²) in [5.74, 6) is -8.57. The maximum absolute atomic E-state index is 12.6. The van der Waals surface area contributed by atoms with Crippen LogP contribution in [-0.2, 0) is 0 Å². The second kappa shape index (κ2) is 9.02. The van der Waals surface area contributed by atoms with E-state index in [1.54, 1.807) is 6.07 Å². The highest BCUT2D eigenvalue weighted by Gasteiger charge is 2.34.